The fourth-order valence-corrected chi connectivity index (χ4v) is 2.87. The first-order chi connectivity index (χ1) is 9.63. The highest BCUT2D eigenvalue weighted by atomic mass is 16.5. The summed E-state index contributed by atoms with van der Waals surface area (Å²) in [5, 5.41) is 0. The van der Waals surface area contributed by atoms with Crippen molar-refractivity contribution in [3.63, 3.8) is 0 Å². The van der Waals surface area contributed by atoms with E-state index in [9.17, 15) is 0 Å². The second-order valence-corrected chi connectivity index (χ2v) is 6.03. The standard InChI is InChI=1S/C17H28N2O/c1-4-15(18)11-14-5-7-16(8-6-14)19-10-9-13(2)17(12-19)20-3/h5-8,13,15,17H,4,9-12,18H2,1-3H3. The van der Waals surface area contributed by atoms with Crippen molar-refractivity contribution in [2.45, 2.75) is 45.3 Å². The van der Waals surface area contributed by atoms with Crippen LogP contribution in [0.1, 0.15) is 32.3 Å². The minimum absolute atomic E-state index is 0.273. The molecule has 2 N–H and O–H groups in total. The first-order valence-electron chi connectivity index (χ1n) is 7.76. The molecule has 0 saturated carbocycles. The highest BCUT2D eigenvalue weighted by Gasteiger charge is 2.25. The van der Waals surface area contributed by atoms with Gasteiger partial charge in [-0.2, -0.15) is 0 Å². The van der Waals surface area contributed by atoms with Gasteiger partial charge in [0.25, 0.3) is 0 Å². The Balaban J connectivity index is 1.99. The molecule has 1 aromatic rings. The zero-order chi connectivity index (χ0) is 14.5. The molecule has 0 aliphatic carbocycles. The van der Waals surface area contributed by atoms with E-state index in [4.69, 9.17) is 10.5 Å². The van der Waals surface area contributed by atoms with Crippen LogP contribution in [0.15, 0.2) is 24.3 Å². The maximum atomic E-state index is 6.01. The number of nitrogens with two attached hydrogens (primary N) is 1. The molecule has 3 heteroatoms. The molecular weight excluding hydrogens is 248 g/mol. The van der Waals surface area contributed by atoms with E-state index in [-0.39, 0.29) is 6.04 Å². The summed E-state index contributed by atoms with van der Waals surface area (Å²) in [7, 11) is 1.82. The fraction of sp³-hybridized carbons (Fsp3) is 0.647. The Bertz CT molecular complexity index is 404. The van der Waals surface area contributed by atoms with Crippen molar-refractivity contribution in [2.24, 2.45) is 11.7 Å². The van der Waals surface area contributed by atoms with E-state index in [0.717, 1.165) is 25.9 Å². The Hall–Kier alpha value is -1.06. The number of nitrogens with zero attached hydrogens (tertiary/aromatic N) is 1. The SMILES string of the molecule is CCC(N)Cc1ccc(N2CCC(C)C(OC)C2)cc1. The summed E-state index contributed by atoms with van der Waals surface area (Å²) < 4.78 is 5.59. The number of hydrogen-bond donors (Lipinski definition) is 1. The van der Waals surface area contributed by atoms with Gasteiger partial charge in [-0.3, -0.25) is 0 Å². The molecule has 112 valence electrons. The minimum Gasteiger partial charge on any atom is -0.379 e. The average Bonchev–Trinajstić information content (AvgIpc) is 2.48. The van der Waals surface area contributed by atoms with Crippen molar-refractivity contribution in [3.05, 3.63) is 29.8 Å². The van der Waals surface area contributed by atoms with E-state index in [1.807, 2.05) is 7.11 Å². The quantitative estimate of drug-likeness (QED) is 0.898. The molecule has 2 rings (SSSR count). The van der Waals surface area contributed by atoms with E-state index >= 15 is 0 Å². The Morgan fingerprint density at radius 1 is 1.35 bits per heavy atom. The summed E-state index contributed by atoms with van der Waals surface area (Å²) >= 11 is 0. The lowest BCUT2D eigenvalue weighted by atomic mass is 9.95. The van der Waals surface area contributed by atoms with Gasteiger partial charge in [-0.05, 0) is 42.9 Å². The van der Waals surface area contributed by atoms with Gasteiger partial charge in [0.05, 0.1) is 6.10 Å². The van der Waals surface area contributed by atoms with Gasteiger partial charge in [-0.25, -0.2) is 0 Å². The van der Waals surface area contributed by atoms with E-state index in [0.29, 0.717) is 12.0 Å². The van der Waals surface area contributed by atoms with Gasteiger partial charge in [0.2, 0.25) is 0 Å². The molecule has 1 aliphatic heterocycles. The largest absolute Gasteiger partial charge is 0.379 e. The number of methoxy groups -OCH3 is 1. The van der Waals surface area contributed by atoms with Gasteiger partial charge in [-0.15, -0.1) is 0 Å². The minimum atomic E-state index is 0.273. The van der Waals surface area contributed by atoms with Gasteiger partial charge >= 0.3 is 0 Å². The molecule has 3 atom stereocenters. The molecule has 1 aromatic carbocycles. The Morgan fingerprint density at radius 2 is 2.05 bits per heavy atom. The van der Waals surface area contributed by atoms with Crippen LogP contribution in [0.25, 0.3) is 0 Å². The third-order valence-corrected chi connectivity index (χ3v) is 4.52. The molecule has 1 fully saturated rings. The summed E-state index contributed by atoms with van der Waals surface area (Å²) in [6, 6.07) is 9.14. The molecule has 1 saturated heterocycles. The maximum absolute atomic E-state index is 6.01. The first-order valence-corrected chi connectivity index (χ1v) is 7.76. The molecule has 0 spiro atoms. The van der Waals surface area contributed by atoms with E-state index in [2.05, 4.69) is 43.0 Å². The smallest absolute Gasteiger partial charge is 0.0772 e. The topological polar surface area (TPSA) is 38.5 Å². The molecular formula is C17H28N2O. The van der Waals surface area contributed by atoms with E-state index in [1.54, 1.807) is 0 Å². The second-order valence-electron chi connectivity index (χ2n) is 6.03. The van der Waals surface area contributed by atoms with Crippen LogP contribution in [0.3, 0.4) is 0 Å². The van der Waals surface area contributed by atoms with Crippen LogP contribution in [0.4, 0.5) is 5.69 Å². The first kappa shape index (κ1) is 15.3. The summed E-state index contributed by atoms with van der Waals surface area (Å²) in [5.74, 6) is 0.651. The van der Waals surface area contributed by atoms with Gasteiger partial charge in [0.1, 0.15) is 0 Å². The van der Waals surface area contributed by atoms with Crippen molar-refractivity contribution < 1.29 is 4.74 Å². The average molecular weight is 276 g/mol. The van der Waals surface area contributed by atoms with E-state index in [1.165, 1.54) is 17.7 Å². The van der Waals surface area contributed by atoms with Gasteiger partial charge < -0.3 is 15.4 Å². The van der Waals surface area contributed by atoms with Crippen molar-refractivity contribution in [1.29, 1.82) is 0 Å². The highest BCUT2D eigenvalue weighted by molar-refractivity contribution is 5.48. The summed E-state index contributed by atoms with van der Waals surface area (Å²) in [6.07, 6.45) is 3.54. The van der Waals surface area contributed by atoms with Crippen molar-refractivity contribution in [2.75, 3.05) is 25.1 Å². The van der Waals surface area contributed by atoms with Crippen LogP contribution in [-0.2, 0) is 11.2 Å². The van der Waals surface area contributed by atoms with Gasteiger partial charge in [-0.1, -0.05) is 26.0 Å². The number of piperidine rings is 1. The normalized spacial score (nSPS) is 24.7. The zero-order valence-corrected chi connectivity index (χ0v) is 13.0. The van der Waals surface area contributed by atoms with Gasteiger partial charge in [0.15, 0.2) is 0 Å². The summed E-state index contributed by atoms with van der Waals surface area (Å²) in [4.78, 5) is 2.43. The van der Waals surface area contributed by atoms with Crippen LogP contribution < -0.4 is 10.6 Å². The Kier molecular flexibility index (Phi) is 5.44. The van der Waals surface area contributed by atoms with Crippen LogP contribution in [0.5, 0.6) is 0 Å². The molecule has 1 heterocycles. The maximum Gasteiger partial charge on any atom is 0.0772 e. The Morgan fingerprint density at radius 3 is 2.65 bits per heavy atom. The molecule has 0 amide bonds. The number of rotatable bonds is 5. The molecule has 1 aliphatic rings. The van der Waals surface area contributed by atoms with Crippen LogP contribution in [0, 0.1) is 5.92 Å². The van der Waals surface area contributed by atoms with E-state index < -0.39 is 0 Å². The lowest BCUT2D eigenvalue weighted by molar-refractivity contribution is 0.0498. The Labute approximate surface area is 123 Å². The van der Waals surface area contributed by atoms with Crippen molar-refractivity contribution in [1.82, 2.24) is 0 Å². The number of ether oxygens (including phenoxy) is 1. The van der Waals surface area contributed by atoms with Crippen molar-refractivity contribution >= 4 is 5.69 Å². The summed E-state index contributed by atoms with van der Waals surface area (Å²) in [6.45, 7) is 6.53. The highest BCUT2D eigenvalue weighted by Crippen LogP contribution is 2.25. The zero-order valence-electron chi connectivity index (χ0n) is 13.0. The monoisotopic (exact) mass is 276 g/mol. The number of anilines is 1. The predicted molar refractivity (Wildman–Crippen MR) is 85.2 cm³/mol. The van der Waals surface area contributed by atoms with Crippen LogP contribution >= 0.6 is 0 Å². The molecule has 0 aromatic heterocycles. The predicted octanol–water partition coefficient (Wildman–Crippen LogP) is 2.83. The third-order valence-electron chi connectivity index (χ3n) is 4.52. The lowest BCUT2D eigenvalue weighted by Gasteiger charge is -2.37. The number of benzene rings is 1. The lowest BCUT2D eigenvalue weighted by Crippen LogP contribution is -2.43. The molecule has 0 bridgehead atoms. The van der Waals surface area contributed by atoms with Crippen LogP contribution in [-0.4, -0.2) is 32.3 Å². The molecule has 3 unspecified atom stereocenters. The number of hydrogen-bond acceptors (Lipinski definition) is 3. The molecule has 20 heavy (non-hydrogen) atoms. The molecule has 0 radical (unpaired) electrons. The van der Waals surface area contributed by atoms with Crippen LogP contribution in [0.2, 0.25) is 0 Å². The summed E-state index contributed by atoms with van der Waals surface area (Å²) in [5.41, 5.74) is 8.64. The third kappa shape index (κ3) is 3.74. The molecule has 3 nitrogen and oxygen atoms in total. The fourth-order valence-electron chi connectivity index (χ4n) is 2.87. The second kappa shape index (κ2) is 7.09. The van der Waals surface area contributed by atoms with Crippen molar-refractivity contribution in [3.8, 4) is 0 Å². The van der Waals surface area contributed by atoms with Gasteiger partial charge in [0, 0.05) is 31.9 Å².